The van der Waals surface area contributed by atoms with E-state index in [-0.39, 0.29) is 54.8 Å². The minimum Gasteiger partial charge on any atom is -0.444 e. The molecule has 3 saturated heterocycles. The molecule has 2 atom stereocenters. The molecule has 5 aliphatic carbocycles. The van der Waals surface area contributed by atoms with Gasteiger partial charge >= 0.3 is 12.2 Å². The van der Waals surface area contributed by atoms with Gasteiger partial charge in [-0.05, 0) is 280 Å². The number of likely N-dealkylation sites (tertiary alicyclic amines) is 2. The summed E-state index contributed by atoms with van der Waals surface area (Å²) in [6.45, 7) is 14.9. The molecule has 147 heavy (non-hydrogen) atoms. The molecular formula is C103H151N25O14S5. The first-order chi connectivity index (χ1) is 70.2. The van der Waals surface area contributed by atoms with Gasteiger partial charge in [0.15, 0.2) is 5.82 Å². The highest BCUT2D eigenvalue weighted by molar-refractivity contribution is 7.90. The lowest BCUT2D eigenvalue weighted by Crippen LogP contribution is -2.44. The topological polar surface area (TPSA) is 481 Å². The quantitative estimate of drug-likeness (QED) is 0.0265. The molecule has 18 rings (SSSR count). The molecule has 6 N–H and O–H groups in total. The number of piperidine rings is 2. The Labute approximate surface area is 867 Å². The molecule has 802 valence electrons. The molecular weight excluding hydrogens is 1970 g/mol. The standard InChI is InChI=1S/2C25H38N6O4S.C18H26N6O2S.C18H25N3O2S.C17H24N4O2S/c1-25(2,3)35-24(32)30-14-8-11-20(17-30)31-23(27-28-29-31)22-16-21(36(33,34)26-4)13-12-19(22)15-18-9-6-5-7-10-18;1-25(2,3)35-24(32)30-14-8-11-20(17-30)31-28-23(27-29-31)22-16-21(36(33,34)26-4)13-12-19(22)15-18-9-6-5-7-10-18;1-19-27(25,26)16-8-7-14(9-13-5-3-2-4-6-13)17(10-16)18-21-23-24(22-18)15-11-20-12-15;1-19-24(22,23)16-9-8-15(12-14-6-4-3-5-7-14)17(13-16)18-10-11-21(2)20-18;1-18-24(22,23)15-9-8-14(10-13-6-4-3-5-7-13)16(11-15)17-12-21(2)20-19-17/h2*12-13,16,18,20,26H,5-11,14-15,17H2,1-4H3;7-8,10,13,15,19-20H,2-6,9,11-12H2,1H3;8-11,13-14,19H,3-7,12H2,1-2H3;8-9,11-13,18H,3-7,10H2,1-2H3. The molecule has 8 aliphatic rings. The van der Waals surface area contributed by atoms with Crippen LogP contribution in [0.3, 0.4) is 0 Å². The average Bonchev–Trinajstić information content (AvgIpc) is 1.76. The number of carbonyl (C=O) groups excluding carboxylic acids is 2. The Kier molecular flexibility index (Phi) is 38.6. The summed E-state index contributed by atoms with van der Waals surface area (Å²) < 4.78 is 152. The fourth-order valence-electron chi connectivity index (χ4n) is 21.0. The van der Waals surface area contributed by atoms with E-state index < -0.39 is 61.3 Å². The van der Waals surface area contributed by atoms with E-state index in [9.17, 15) is 51.7 Å². The van der Waals surface area contributed by atoms with Crippen molar-refractivity contribution in [1.82, 2.24) is 124 Å². The second-order valence-corrected chi connectivity index (χ2v) is 51.8. The number of amides is 2. The molecule has 5 aromatic carbocycles. The molecule has 0 radical (unpaired) electrons. The summed E-state index contributed by atoms with van der Waals surface area (Å²) in [6.07, 6.45) is 42.2. The van der Waals surface area contributed by atoms with Gasteiger partial charge in [0.05, 0.1) is 54.5 Å². The molecule has 39 nitrogen and oxygen atoms in total. The predicted octanol–water partition coefficient (Wildman–Crippen LogP) is 15.0. The number of aromatic nitrogens is 17. The van der Waals surface area contributed by atoms with E-state index >= 15 is 0 Å². The lowest BCUT2D eigenvalue weighted by molar-refractivity contribution is 0.0153. The third-order valence-electron chi connectivity index (χ3n) is 29.3. The molecule has 10 aromatic rings. The highest BCUT2D eigenvalue weighted by Gasteiger charge is 2.36. The molecule has 0 spiro atoms. The molecule has 5 saturated carbocycles. The van der Waals surface area contributed by atoms with Gasteiger partial charge < -0.3 is 24.6 Å². The van der Waals surface area contributed by atoms with E-state index in [1.165, 1.54) is 201 Å². The van der Waals surface area contributed by atoms with Crippen LogP contribution in [-0.4, -0.2) is 235 Å². The van der Waals surface area contributed by atoms with Gasteiger partial charge in [0, 0.05) is 87.4 Å². The van der Waals surface area contributed by atoms with E-state index in [0.717, 1.165) is 127 Å². The second-order valence-electron chi connectivity index (χ2n) is 42.4. The number of carbonyl (C=O) groups is 2. The molecule has 2 unspecified atom stereocenters. The van der Waals surface area contributed by atoms with Crippen molar-refractivity contribution in [1.29, 1.82) is 0 Å². The molecule has 5 aromatic heterocycles. The van der Waals surface area contributed by atoms with Crippen molar-refractivity contribution in [3.05, 3.63) is 137 Å². The number of nitrogens with one attached hydrogen (secondary N) is 6. The van der Waals surface area contributed by atoms with Crippen molar-refractivity contribution in [2.75, 3.05) is 74.5 Å². The summed E-state index contributed by atoms with van der Waals surface area (Å²) in [5.41, 5.74) is 9.94. The smallest absolute Gasteiger partial charge is 0.410 e. The summed E-state index contributed by atoms with van der Waals surface area (Å²) in [7, 11) is -6.94. The molecule has 0 bridgehead atoms. The number of tetrazole rings is 3. The molecule has 3 aliphatic heterocycles. The minimum atomic E-state index is -3.63. The van der Waals surface area contributed by atoms with E-state index in [1.807, 2.05) is 104 Å². The Balaban J connectivity index is 0.000000147. The zero-order valence-electron chi connectivity index (χ0n) is 87.5. The summed E-state index contributed by atoms with van der Waals surface area (Å²) in [5.74, 6) is 4.56. The maximum absolute atomic E-state index is 12.7. The Morgan fingerprint density at radius 2 is 0.680 bits per heavy atom. The van der Waals surface area contributed by atoms with Gasteiger partial charge in [-0.25, -0.2) is 80.0 Å². The third kappa shape index (κ3) is 30.6. The van der Waals surface area contributed by atoms with Gasteiger partial charge in [-0.1, -0.05) is 196 Å². The van der Waals surface area contributed by atoms with E-state index in [0.29, 0.717) is 78.8 Å². The fourth-order valence-corrected chi connectivity index (χ4v) is 24.8. The van der Waals surface area contributed by atoms with Crippen molar-refractivity contribution < 1.29 is 61.2 Å². The summed E-state index contributed by atoms with van der Waals surface area (Å²) >= 11 is 0. The van der Waals surface area contributed by atoms with E-state index in [1.54, 1.807) is 94.1 Å². The van der Waals surface area contributed by atoms with Crippen molar-refractivity contribution in [3.8, 4) is 56.7 Å². The summed E-state index contributed by atoms with van der Waals surface area (Å²) in [5, 5.41) is 54.7. The van der Waals surface area contributed by atoms with Gasteiger partial charge in [0.25, 0.3) is 0 Å². The first kappa shape index (κ1) is 112. The number of benzene rings is 5. The zero-order chi connectivity index (χ0) is 105. The minimum absolute atomic E-state index is 0.126. The molecule has 2 amide bonds. The molecule has 44 heteroatoms. The van der Waals surface area contributed by atoms with Gasteiger partial charge in [-0.15, -0.1) is 30.6 Å². The first-order valence-electron chi connectivity index (χ1n) is 52.4. The van der Waals surface area contributed by atoms with Gasteiger partial charge in [-0.3, -0.25) is 9.36 Å². The van der Waals surface area contributed by atoms with Crippen LogP contribution < -0.4 is 28.9 Å². The van der Waals surface area contributed by atoms with Crippen LogP contribution in [0.1, 0.15) is 274 Å². The Bertz CT molecular complexity index is 6540. The Hall–Kier alpha value is -10.3. The normalized spacial score (nSPS) is 18.6. The fraction of sp³-hybridized carbons (Fsp3) is 0.612. The van der Waals surface area contributed by atoms with Gasteiger partial charge in [0.1, 0.15) is 16.9 Å². The van der Waals surface area contributed by atoms with Gasteiger partial charge in [0.2, 0.25) is 61.8 Å². The maximum Gasteiger partial charge on any atom is 0.410 e. The Morgan fingerprint density at radius 1 is 0.354 bits per heavy atom. The van der Waals surface area contributed by atoms with Crippen LogP contribution in [-0.2, 0) is 106 Å². The van der Waals surface area contributed by atoms with Crippen LogP contribution in [0.25, 0.3) is 56.7 Å². The lowest BCUT2D eigenvalue weighted by Gasteiger charge is -2.34. The maximum atomic E-state index is 12.7. The van der Waals surface area contributed by atoms with Crippen LogP contribution in [0.5, 0.6) is 0 Å². The number of ether oxygens (including phenoxy) is 2. The van der Waals surface area contributed by atoms with Crippen molar-refractivity contribution >= 4 is 62.3 Å². The van der Waals surface area contributed by atoms with E-state index in [4.69, 9.17) is 9.47 Å². The first-order valence-corrected chi connectivity index (χ1v) is 59.8. The van der Waals surface area contributed by atoms with Crippen LogP contribution >= 0.6 is 0 Å². The van der Waals surface area contributed by atoms with Crippen LogP contribution in [0.2, 0.25) is 0 Å². The van der Waals surface area contributed by atoms with Crippen molar-refractivity contribution in [2.24, 2.45) is 43.7 Å². The van der Waals surface area contributed by atoms with Gasteiger partial charge in [-0.2, -0.15) is 14.7 Å². The second kappa shape index (κ2) is 50.6. The van der Waals surface area contributed by atoms with Crippen LogP contribution in [0.4, 0.5) is 9.59 Å². The summed E-state index contributed by atoms with van der Waals surface area (Å²) in [6, 6.07) is 28.4. The number of sulfonamides is 5. The number of rotatable bonds is 28. The predicted molar refractivity (Wildman–Crippen MR) is 562 cm³/mol. The largest absolute Gasteiger partial charge is 0.444 e. The summed E-state index contributed by atoms with van der Waals surface area (Å²) in [4.78, 5) is 33.0. The van der Waals surface area contributed by atoms with Crippen molar-refractivity contribution in [3.63, 3.8) is 0 Å². The zero-order valence-corrected chi connectivity index (χ0v) is 91.6. The molecule has 8 fully saturated rings. The average molecular weight is 2120 g/mol. The SMILES string of the molecule is CNS(=O)(=O)c1ccc(CC2CCCCC2)c(-c2ccn(C)n2)c1.CNS(=O)(=O)c1ccc(CC2CCCCC2)c(-c2cn(C)nn2)c1.CNS(=O)(=O)c1ccc(CC2CCCCC2)c(-c2nnn(C3CCCN(C(=O)OC(C)(C)C)C3)n2)c1.CNS(=O)(=O)c1ccc(CC2CCCCC2)c(-c2nnn(C3CNC3)n2)c1.CNS(=O)(=O)c1ccc(CC2CCCCC2)c(-c2nnnn2C2CCCN(C(=O)OC(C)(C)C)C2)c1. The lowest BCUT2D eigenvalue weighted by atomic mass is 9.83. The van der Waals surface area contributed by atoms with Crippen LogP contribution in [0, 0.1) is 29.6 Å². The monoisotopic (exact) mass is 2120 g/mol. The highest BCUT2D eigenvalue weighted by Crippen LogP contribution is 2.41. The highest BCUT2D eigenvalue weighted by atomic mass is 32.2. The van der Waals surface area contributed by atoms with E-state index in [2.05, 4.69) is 90.7 Å². The third-order valence-corrected chi connectivity index (χ3v) is 36.3. The van der Waals surface area contributed by atoms with Crippen LogP contribution in [0.15, 0.2) is 134 Å². The Morgan fingerprint density at radius 3 is 1.01 bits per heavy atom. The number of nitrogens with zero attached hydrogens (tertiary/aromatic N) is 19. The number of hydrogen-bond acceptors (Lipinski definition) is 27. The number of hydrogen-bond donors (Lipinski definition) is 6. The molecule has 8 heterocycles. The number of aryl methyl sites for hydroxylation is 2. The van der Waals surface area contributed by atoms with Crippen molar-refractivity contribution in [2.45, 2.75) is 314 Å².